The normalized spacial score (nSPS) is 13.3. The lowest BCUT2D eigenvalue weighted by Gasteiger charge is -2.23. The van der Waals surface area contributed by atoms with Gasteiger partial charge in [-0.05, 0) is 48.9 Å². The predicted molar refractivity (Wildman–Crippen MR) is 113 cm³/mol. The summed E-state index contributed by atoms with van der Waals surface area (Å²) < 4.78 is 5.26. The van der Waals surface area contributed by atoms with Crippen LogP contribution in [0.5, 0.6) is 5.75 Å². The number of nitrogens with zero attached hydrogens (tertiary/aromatic N) is 1. The van der Waals surface area contributed by atoms with Gasteiger partial charge in [0.25, 0.3) is 0 Å². The Labute approximate surface area is 169 Å². The standard InChI is InChI=1S/C21H25N3O3S/c1-15-8-9-18(27-2)16(12-15)23-20(25)13-22-21(26)14-24-10-5-11-28-19-7-4-3-6-17(19)24/h3-4,6-9,12H,5,10-11,13-14H2,1-2H3,(H,22,26)(H,23,25). The van der Waals surface area contributed by atoms with Crippen LogP contribution in [0.2, 0.25) is 0 Å². The number of carbonyl (C=O) groups is 2. The van der Waals surface area contributed by atoms with E-state index in [1.807, 2.05) is 49.0 Å². The fraction of sp³-hybridized carbons (Fsp3) is 0.333. The molecular weight excluding hydrogens is 374 g/mol. The Morgan fingerprint density at radius 3 is 2.82 bits per heavy atom. The number of hydrogen-bond acceptors (Lipinski definition) is 5. The van der Waals surface area contributed by atoms with E-state index in [2.05, 4.69) is 21.6 Å². The summed E-state index contributed by atoms with van der Waals surface area (Å²) in [6, 6.07) is 13.7. The van der Waals surface area contributed by atoms with E-state index in [0.29, 0.717) is 11.4 Å². The van der Waals surface area contributed by atoms with Crippen molar-refractivity contribution in [2.45, 2.75) is 18.2 Å². The number of hydrogen-bond donors (Lipinski definition) is 2. The smallest absolute Gasteiger partial charge is 0.243 e. The fourth-order valence-corrected chi connectivity index (χ4v) is 4.10. The number of nitrogens with one attached hydrogen (secondary N) is 2. The Morgan fingerprint density at radius 2 is 2.00 bits per heavy atom. The van der Waals surface area contributed by atoms with Gasteiger partial charge in [0.1, 0.15) is 5.75 Å². The number of thioether (sulfide) groups is 1. The van der Waals surface area contributed by atoms with Crippen molar-refractivity contribution in [2.24, 2.45) is 0 Å². The van der Waals surface area contributed by atoms with Gasteiger partial charge in [0, 0.05) is 11.4 Å². The zero-order valence-electron chi connectivity index (χ0n) is 16.2. The van der Waals surface area contributed by atoms with Gasteiger partial charge in [-0.2, -0.15) is 0 Å². The van der Waals surface area contributed by atoms with Crippen LogP contribution in [-0.4, -0.2) is 44.3 Å². The van der Waals surface area contributed by atoms with Crippen LogP contribution in [0.3, 0.4) is 0 Å². The molecule has 0 saturated carbocycles. The molecule has 0 atom stereocenters. The summed E-state index contributed by atoms with van der Waals surface area (Å²) in [4.78, 5) is 27.9. The molecule has 0 saturated heterocycles. The highest BCUT2D eigenvalue weighted by Crippen LogP contribution is 2.33. The SMILES string of the molecule is COc1ccc(C)cc1NC(=O)CNC(=O)CN1CCCSc2ccccc21. The first-order chi connectivity index (χ1) is 13.6. The number of rotatable bonds is 6. The van der Waals surface area contributed by atoms with Crippen molar-refractivity contribution in [2.75, 3.05) is 42.7 Å². The molecule has 2 aromatic carbocycles. The number of aryl methyl sites for hydroxylation is 1. The summed E-state index contributed by atoms with van der Waals surface area (Å²) >= 11 is 1.82. The van der Waals surface area contributed by atoms with Gasteiger partial charge in [0.15, 0.2) is 0 Å². The van der Waals surface area contributed by atoms with E-state index in [9.17, 15) is 9.59 Å². The van der Waals surface area contributed by atoms with Crippen molar-refractivity contribution < 1.29 is 14.3 Å². The molecule has 0 spiro atoms. The van der Waals surface area contributed by atoms with Crippen LogP contribution in [0.15, 0.2) is 47.4 Å². The molecule has 148 valence electrons. The Kier molecular flexibility index (Phi) is 6.81. The van der Waals surface area contributed by atoms with E-state index in [0.717, 1.165) is 30.0 Å². The van der Waals surface area contributed by atoms with Gasteiger partial charge in [0.2, 0.25) is 11.8 Å². The molecule has 2 amide bonds. The third-order valence-electron chi connectivity index (χ3n) is 4.45. The summed E-state index contributed by atoms with van der Waals surface area (Å²) in [6.07, 6.45) is 1.01. The van der Waals surface area contributed by atoms with Gasteiger partial charge >= 0.3 is 0 Å². The second-order valence-electron chi connectivity index (χ2n) is 6.62. The molecule has 1 aliphatic rings. The molecule has 6 nitrogen and oxygen atoms in total. The maximum atomic E-state index is 12.4. The highest BCUT2D eigenvalue weighted by atomic mass is 32.2. The summed E-state index contributed by atoms with van der Waals surface area (Å²) in [6.45, 7) is 2.91. The van der Waals surface area contributed by atoms with Crippen molar-refractivity contribution in [1.82, 2.24) is 5.32 Å². The third-order valence-corrected chi connectivity index (χ3v) is 5.59. The van der Waals surface area contributed by atoms with Gasteiger partial charge in [-0.1, -0.05) is 18.2 Å². The second kappa shape index (κ2) is 9.50. The van der Waals surface area contributed by atoms with E-state index in [1.165, 1.54) is 4.90 Å². The van der Waals surface area contributed by atoms with Gasteiger partial charge < -0.3 is 20.3 Å². The molecule has 0 radical (unpaired) electrons. The van der Waals surface area contributed by atoms with E-state index in [1.54, 1.807) is 13.2 Å². The molecule has 1 aliphatic heterocycles. The van der Waals surface area contributed by atoms with Crippen LogP contribution >= 0.6 is 11.8 Å². The lowest BCUT2D eigenvalue weighted by Crippen LogP contribution is -2.41. The Balaban J connectivity index is 1.55. The highest BCUT2D eigenvalue weighted by Gasteiger charge is 2.18. The van der Waals surface area contributed by atoms with Crippen molar-refractivity contribution in [3.8, 4) is 5.75 Å². The number of amides is 2. The van der Waals surface area contributed by atoms with Crippen LogP contribution < -0.4 is 20.3 Å². The predicted octanol–water partition coefficient (Wildman–Crippen LogP) is 3.06. The van der Waals surface area contributed by atoms with Crippen molar-refractivity contribution in [3.63, 3.8) is 0 Å². The third kappa shape index (κ3) is 5.19. The topological polar surface area (TPSA) is 70.7 Å². The van der Waals surface area contributed by atoms with Crippen molar-refractivity contribution >= 4 is 35.0 Å². The van der Waals surface area contributed by atoms with Crippen molar-refractivity contribution in [1.29, 1.82) is 0 Å². The lowest BCUT2D eigenvalue weighted by atomic mass is 10.2. The number of fused-ring (bicyclic) bond motifs is 1. The minimum atomic E-state index is -0.288. The summed E-state index contributed by atoms with van der Waals surface area (Å²) in [5.41, 5.74) is 2.69. The van der Waals surface area contributed by atoms with Crippen LogP contribution in [0.1, 0.15) is 12.0 Å². The molecule has 2 aromatic rings. The zero-order valence-corrected chi connectivity index (χ0v) is 17.0. The van der Waals surface area contributed by atoms with Gasteiger partial charge in [0.05, 0.1) is 31.6 Å². The molecule has 7 heteroatoms. The molecule has 1 heterocycles. The molecule has 28 heavy (non-hydrogen) atoms. The maximum Gasteiger partial charge on any atom is 0.243 e. The number of para-hydroxylation sites is 1. The van der Waals surface area contributed by atoms with E-state index < -0.39 is 0 Å². The van der Waals surface area contributed by atoms with E-state index in [4.69, 9.17) is 4.74 Å². The first-order valence-corrected chi connectivity index (χ1v) is 10.2. The van der Waals surface area contributed by atoms with E-state index >= 15 is 0 Å². The average molecular weight is 400 g/mol. The minimum Gasteiger partial charge on any atom is -0.495 e. The highest BCUT2D eigenvalue weighted by molar-refractivity contribution is 7.99. The molecular formula is C21H25N3O3S. The maximum absolute atomic E-state index is 12.4. The zero-order chi connectivity index (χ0) is 19.9. The largest absolute Gasteiger partial charge is 0.495 e. The monoisotopic (exact) mass is 399 g/mol. The van der Waals surface area contributed by atoms with Gasteiger partial charge in [-0.3, -0.25) is 9.59 Å². The quantitative estimate of drug-likeness (QED) is 0.781. The Hall–Kier alpha value is -2.67. The van der Waals surface area contributed by atoms with Crippen LogP contribution in [-0.2, 0) is 9.59 Å². The second-order valence-corrected chi connectivity index (χ2v) is 7.76. The fourth-order valence-electron chi connectivity index (χ4n) is 3.08. The number of benzene rings is 2. The number of anilines is 2. The molecule has 0 bridgehead atoms. The summed E-state index contributed by atoms with van der Waals surface area (Å²) in [5.74, 6) is 1.16. The summed E-state index contributed by atoms with van der Waals surface area (Å²) in [7, 11) is 1.55. The lowest BCUT2D eigenvalue weighted by molar-refractivity contribution is -0.123. The number of methoxy groups -OCH3 is 1. The van der Waals surface area contributed by atoms with E-state index in [-0.39, 0.29) is 24.9 Å². The molecule has 2 N–H and O–H groups in total. The van der Waals surface area contributed by atoms with Crippen LogP contribution in [0.4, 0.5) is 11.4 Å². The molecule has 0 unspecified atom stereocenters. The molecule has 0 aromatic heterocycles. The Morgan fingerprint density at radius 1 is 1.18 bits per heavy atom. The van der Waals surface area contributed by atoms with Gasteiger partial charge in [-0.25, -0.2) is 0 Å². The number of ether oxygens (including phenoxy) is 1. The van der Waals surface area contributed by atoms with Crippen molar-refractivity contribution in [3.05, 3.63) is 48.0 Å². The number of carbonyl (C=O) groups excluding carboxylic acids is 2. The Bertz CT molecular complexity index is 857. The van der Waals surface area contributed by atoms with Gasteiger partial charge in [-0.15, -0.1) is 11.8 Å². The molecule has 0 fully saturated rings. The average Bonchev–Trinajstić information content (AvgIpc) is 2.89. The molecule has 0 aliphatic carbocycles. The summed E-state index contributed by atoms with van der Waals surface area (Å²) in [5, 5.41) is 5.50. The first kappa shape index (κ1) is 20.1. The van der Waals surface area contributed by atoms with Crippen LogP contribution in [0.25, 0.3) is 0 Å². The first-order valence-electron chi connectivity index (χ1n) is 9.25. The minimum absolute atomic E-state index is 0.0832. The van der Waals surface area contributed by atoms with Crippen LogP contribution in [0, 0.1) is 6.92 Å². The molecule has 3 rings (SSSR count).